The van der Waals surface area contributed by atoms with Crippen molar-refractivity contribution in [3.05, 3.63) is 77.4 Å². The fourth-order valence-corrected chi connectivity index (χ4v) is 5.39. The van der Waals surface area contributed by atoms with Crippen LogP contribution in [0, 0.1) is 29.1 Å². The number of nitrogens with one attached hydrogen (secondary N) is 3. The largest absolute Gasteiger partial charge is 0.346 e. The van der Waals surface area contributed by atoms with Crippen molar-refractivity contribution in [3.8, 4) is 6.07 Å². The number of hydrogen-bond acceptors (Lipinski definition) is 6. The summed E-state index contributed by atoms with van der Waals surface area (Å²) in [4.78, 5) is 64.0. The van der Waals surface area contributed by atoms with Gasteiger partial charge in [-0.15, -0.1) is 0 Å². The molecular formula is C31H32N4O5. The Hall–Kier alpha value is -4.58. The Kier molecular flexibility index (Phi) is 9.23. The van der Waals surface area contributed by atoms with E-state index in [-0.39, 0.29) is 12.3 Å². The summed E-state index contributed by atoms with van der Waals surface area (Å²) in [5.74, 6) is -4.44. The maximum Gasteiger partial charge on any atom is 0.244 e. The average molecular weight is 541 g/mol. The SMILES string of the molecule is C[C@@H]1C(=O)NC(=O)[C@H]1C(=O)[C@@H](NC(=O)C[C@H](NC(=O)/C=C/c1ccc(C#N)cc1)c1ccccc1)C1CCCC1. The lowest BCUT2D eigenvalue weighted by Gasteiger charge is -2.27. The molecule has 0 radical (unpaired) electrons. The van der Waals surface area contributed by atoms with E-state index in [1.54, 1.807) is 61.5 Å². The van der Waals surface area contributed by atoms with Gasteiger partial charge in [-0.1, -0.05) is 62.2 Å². The van der Waals surface area contributed by atoms with E-state index in [0.29, 0.717) is 5.56 Å². The lowest BCUT2D eigenvalue weighted by molar-refractivity contribution is -0.137. The Morgan fingerprint density at radius 3 is 2.27 bits per heavy atom. The molecule has 2 aliphatic rings. The van der Waals surface area contributed by atoms with Gasteiger partial charge in [0.1, 0.15) is 5.92 Å². The van der Waals surface area contributed by atoms with Crippen molar-refractivity contribution >= 4 is 35.5 Å². The fourth-order valence-electron chi connectivity index (χ4n) is 5.39. The van der Waals surface area contributed by atoms with E-state index < -0.39 is 53.3 Å². The highest BCUT2D eigenvalue weighted by Gasteiger charge is 2.47. The van der Waals surface area contributed by atoms with Gasteiger partial charge in [0.15, 0.2) is 5.78 Å². The third-order valence-corrected chi connectivity index (χ3v) is 7.62. The first-order chi connectivity index (χ1) is 19.3. The molecule has 1 aliphatic heterocycles. The monoisotopic (exact) mass is 540 g/mol. The number of carbonyl (C=O) groups excluding carboxylic acids is 5. The normalized spacial score (nSPS) is 20.5. The van der Waals surface area contributed by atoms with Crippen molar-refractivity contribution in [2.75, 3.05) is 0 Å². The highest BCUT2D eigenvalue weighted by molar-refractivity contribution is 6.16. The second-order valence-corrected chi connectivity index (χ2v) is 10.4. The smallest absolute Gasteiger partial charge is 0.244 e. The van der Waals surface area contributed by atoms with Crippen LogP contribution in [0.25, 0.3) is 6.08 Å². The summed E-state index contributed by atoms with van der Waals surface area (Å²) in [7, 11) is 0. The van der Waals surface area contributed by atoms with Gasteiger partial charge in [-0.25, -0.2) is 0 Å². The summed E-state index contributed by atoms with van der Waals surface area (Å²) in [6.07, 6.45) is 6.18. The molecule has 206 valence electrons. The first kappa shape index (κ1) is 28.4. The number of nitrogens with zero attached hydrogens (tertiary/aromatic N) is 1. The van der Waals surface area contributed by atoms with Crippen LogP contribution >= 0.6 is 0 Å². The molecule has 1 saturated carbocycles. The predicted octanol–water partition coefficient (Wildman–Crippen LogP) is 2.97. The number of carbonyl (C=O) groups is 5. The lowest BCUT2D eigenvalue weighted by atomic mass is 9.83. The first-order valence-electron chi connectivity index (χ1n) is 13.5. The molecule has 3 N–H and O–H groups in total. The molecular weight excluding hydrogens is 508 g/mol. The second-order valence-electron chi connectivity index (χ2n) is 10.4. The molecule has 0 aromatic heterocycles. The molecule has 4 rings (SSSR count). The van der Waals surface area contributed by atoms with Crippen LogP contribution in [0.2, 0.25) is 0 Å². The standard InChI is InChI=1S/C31H32N4O5/c1-19-27(31(40)35-30(19)39)29(38)28(23-9-5-6-10-23)34-26(37)17-24(22-7-3-2-4-8-22)33-25(36)16-15-20-11-13-21(18-32)14-12-20/h2-4,7-8,11-16,19,23-24,27-28H,5-6,9-10,17H2,1H3,(H,33,36)(H,34,37)(H,35,39,40)/b16-15+/t19-,24-,27+,28-/m0/s1. The van der Waals surface area contributed by atoms with Gasteiger partial charge in [0.2, 0.25) is 23.6 Å². The van der Waals surface area contributed by atoms with Crippen molar-refractivity contribution < 1.29 is 24.0 Å². The van der Waals surface area contributed by atoms with Gasteiger partial charge in [-0.05, 0) is 48.1 Å². The van der Waals surface area contributed by atoms with Crippen LogP contribution in [-0.2, 0) is 24.0 Å². The van der Waals surface area contributed by atoms with Gasteiger partial charge in [0.25, 0.3) is 0 Å². The third-order valence-electron chi connectivity index (χ3n) is 7.62. The lowest BCUT2D eigenvalue weighted by Crippen LogP contribution is -2.50. The van der Waals surface area contributed by atoms with Crippen LogP contribution in [0.4, 0.5) is 0 Å². The minimum atomic E-state index is -1.13. The van der Waals surface area contributed by atoms with E-state index in [4.69, 9.17) is 5.26 Å². The number of nitriles is 1. The maximum absolute atomic E-state index is 13.5. The maximum atomic E-state index is 13.5. The van der Waals surface area contributed by atoms with Gasteiger partial charge < -0.3 is 10.6 Å². The summed E-state index contributed by atoms with van der Waals surface area (Å²) < 4.78 is 0. The average Bonchev–Trinajstić information content (AvgIpc) is 3.58. The van der Waals surface area contributed by atoms with Crippen LogP contribution in [0.5, 0.6) is 0 Å². The Labute approximate surface area is 233 Å². The zero-order valence-electron chi connectivity index (χ0n) is 22.3. The molecule has 9 heteroatoms. The van der Waals surface area contributed by atoms with Crippen LogP contribution < -0.4 is 16.0 Å². The van der Waals surface area contributed by atoms with E-state index in [9.17, 15) is 24.0 Å². The molecule has 0 unspecified atom stereocenters. The predicted molar refractivity (Wildman–Crippen MR) is 147 cm³/mol. The quantitative estimate of drug-likeness (QED) is 0.240. The number of amides is 4. The number of Topliss-reactive ketones (excluding diaryl/α,β-unsaturated/α-hetero) is 1. The van der Waals surface area contributed by atoms with Gasteiger partial charge in [0.05, 0.1) is 36.1 Å². The number of rotatable bonds is 10. The molecule has 9 nitrogen and oxygen atoms in total. The van der Waals surface area contributed by atoms with Crippen molar-refractivity contribution in [1.29, 1.82) is 5.26 Å². The molecule has 2 aromatic carbocycles. The molecule has 40 heavy (non-hydrogen) atoms. The zero-order valence-corrected chi connectivity index (χ0v) is 22.3. The van der Waals surface area contributed by atoms with E-state index in [1.165, 1.54) is 6.08 Å². The van der Waals surface area contributed by atoms with Crippen LogP contribution in [0.15, 0.2) is 60.7 Å². The van der Waals surface area contributed by atoms with Gasteiger partial charge in [-0.3, -0.25) is 29.3 Å². The summed E-state index contributed by atoms with van der Waals surface area (Å²) in [5, 5.41) is 16.9. The van der Waals surface area contributed by atoms with Crippen molar-refractivity contribution in [2.24, 2.45) is 17.8 Å². The zero-order chi connectivity index (χ0) is 28.6. The number of ketones is 1. The van der Waals surface area contributed by atoms with E-state index in [2.05, 4.69) is 16.0 Å². The van der Waals surface area contributed by atoms with E-state index in [1.807, 2.05) is 12.1 Å². The van der Waals surface area contributed by atoms with Gasteiger partial charge in [0, 0.05) is 6.08 Å². The summed E-state index contributed by atoms with van der Waals surface area (Å²) in [5.41, 5.74) is 1.97. The van der Waals surface area contributed by atoms with Gasteiger partial charge >= 0.3 is 0 Å². The molecule has 4 amide bonds. The van der Waals surface area contributed by atoms with E-state index >= 15 is 0 Å². The third kappa shape index (κ3) is 6.89. The summed E-state index contributed by atoms with van der Waals surface area (Å²) in [6.45, 7) is 1.54. The molecule has 2 aromatic rings. The molecule has 0 bridgehead atoms. The Balaban J connectivity index is 1.48. The van der Waals surface area contributed by atoms with Crippen molar-refractivity contribution in [3.63, 3.8) is 0 Å². The van der Waals surface area contributed by atoms with Crippen LogP contribution in [-0.4, -0.2) is 35.5 Å². The number of benzene rings is 2. The molecule has 0 spiro atoms. The first-order valence-corrected chi connectivity index (χ1v) is 13.5. The Morgan fingerprint density at radius 1 is 1.00 bits per heavy atom. The highest BCUT2D eigenvalue weighted by atomic mass is 16.2. The fraction of sp³-hybridized carbons (Fsp3) is 0.355. The van der Waals surface area contributed by atoms with Crippen LogP contribution in [0.1, 0.15) is 61.8 Å². The minimum absolute atomic E-state index is 0.118. The Morgan fingerprint density at radius 2 is 1.68 bits per heavy atom. The van der Waals surface area contributed by atoms with E-state index in [0.717, 1.165) is 36.8 Å². The second kappa shape index (κ2) is 13.0. The topological polar surface area (TPSA) is 145 Å². The molecule has 1 aliphatic carbocycles. The summed E-state index contributed by atoms with van der Waals surface area (Å²) >= 11 is 0. The minimum Gasteiger partial charge on any atom is -0.346 e. The van der Waals surface area contributed by atoms with Crippen LogP contribution in [0.3, 0.4) is 0 Å². The number of hydrogen-bond donors (Lipinski definition) is 3. The summed E-state index contributed by atoms with van der Waals surface area (Å²) in [6, 6.07) is 16.3. The molecule has 1 saturated heterocycles. The van der Waals surface area contributed by atoms with Crippen molar-refractivity contribution in [2.45, 2.75) is 51.1 Å². The highest BCUT2D eigenvalue weighted by Crippen LogP contribution is 2.32. The molecule has 2 fully saturated rings. The van der Waals surface area contributed by atoms with Gasteiger partial charge in [-0.2, -0.15) is 5.26 Å². The van der Waals surface area contributed by atoms with Crippen molar-refractivity contribution in [1.82, 2.24) is 16.0 Å². The molecule has 4 atom stereocenters. The molecule has 1 heterocycles. The Bertz CT molecular complexity index is 1340. The number of imide groups is 1.